The summed E-state index contributed by atoms with van der Waals surface area (Å²) in [5.41, 5.74) is 6.85. The van der Waals surface area contributed by atoms with Crippen molar-refractivity contribution in [1.29, 1.82) is 0 Å². The second-order valence-electron chi connectivity index (χ2n) is 6.30. The Hall–Kier alpha value is -0.480. The largest absolute Gasteiger partial charge is 0.339 e. The number of likely N-dealkylation sites (tertiary alicyclic amines) is 1. The zero-order valence-corrected chi connectivity index (χ0v) is 14.8. The monoisotopic (exact) mass is 362 g/mol. The van der Waals surface area contributed by atoms with Crippen LogP contribution >= 0.6 is 35.6 Å². The maximum absolute atomic E-state index is 12.6. The van der Waals surface area contributed by atoms with E-state index in [1.54, 1.807) is 0 Å². The number of halogens is 3. The van der Waals surface area contributed by atoms with Crippen LogP contribution in [0.5, 0.6) is 0 Å². The molecule has 3 nitrogen and oxygen atoms in total. The highest BCUT2D eigenvalue weighted by Crippen LogP contribution is 2.50. The maximum atomic E-state index is 12.6. The van der Waals surface area contributed by atoms with Gasteiger partial charge >= 0.3 is 0 Å². The van der Waals surface area contributed by atoms with Crippen LogP contribution in [0.1, 0.15) is 31.2 Å². The lowest BCUT2D eigenvalue weighted by Gasteiger charge is -2.21. The van der Waals surface area contributed by atoms with Crippen LogP contribution in [0, 0.1) is 11.8 Å². The number of nitrogens with zero attached hydrogens (tertiary/aromatic N) is 1. The van der Waals surface area contributed by atoms with Crippen LogP contribution in [0.4, 0.5) is 0 Å². The molecule has 1 aliphatic carbocycles. The molecule has 1 aliphatic heterocycles. The van der Waals surface area contributed by atoms with Gasteiger partial charge in [-0.3, -0.25) is 4.79 Å². The van der Waals surface area contributed by atoms with E-state index < -0.39 is 0 Å². The van der Waals surface area contributed by atoms with E-state index in [1.165, 1.54) is 0 Å². The van der Waals surface area contributed by atoms with Gasteiger partial charge in [-0.1, -0.05) is 29.3 Å². The molecule has 1 aromatic carbocycles. The predicted octanol–water partition coefficient (Wildman–Crippen LogP) is 3.71. The van der Waals surface area contributed by atoms with E-state index >= 15 is 0 Å². The van der Waals surface area contributed by atoms with Crippen molar-refractivity contribution in [3.63, 3.8) is 0 Å². The Labute approximate surface area is 147 Å². The fourth-order valence-corrected chi connectivity index (χ4v) is 3.72. The Morgan fingerprint density at radius 1 is 1.32 bits per heavy atom. The summed E-state index contributed by atoms with van der Waals surface area (Å²) in [7, 11) is 0. The first-order valence-corrected chi connectivity index (χ1v) is 8.22. The smallest absolute Gasteiger partial charge is 0.226 e. The van der Waals surface area contributed by atoms with E-state index in [9.17, 15) is 4.79 Å². The Morgan fingerprint density at radius 2 is 2.05 bits per heavy atom. The van der Waals surface area contributed by atoms with Crippen LogP contribution in [-0.4, -0.2) is 29.9 Å². The summed E-state index contributed by atoms with van der Waals surface area (Å²) in [6.07, 6.45) is 1.93. The van der Waals surface area contributed by atoms with Crippen LogP contribution in [0.25, 0.3) is 0 Å². The summed E-state index contributed by atoms with van der Waals surface area (Å²) in [4.78, 5) is 14.7. The first-order valence-electron chi connectivity index (χ1n) is 7.46. The molecular formula is C16H21Cl3N2O. The van der Waals surface area contributed by atoms with Gasteiger partial charge in [0.2, 0.25) is 5.91 Å². The molecule has 3 rings (SSSR count). The summed E-state index contributed by atoms with van der Waals surface area (Å²) in [6.45, 7) is 3.58. The molecule has 6 heteroatoms. The maximum Gasteiger partial charge on any atom is 0.226 e. The van der Waals surface area contributed by atoms with Crippen LogP contribution < -0.4 is 5.73 Å². The van der Waals surface area contributed by atoms with Crippen LogP contribution in [-0.2, 0) is 4.79 Å². The number of hydrogen-bond acceptors (Lipinski definition) is 2. The van der Waals surface area contributed by atoms with E-state index in [-0.39, 0.29) is 30.2 Å². The van der Waals surface area contributed by atoms with Crippen molar-refractivity contribution in [3.8, 4) is 0 Å². The van der Waals surface area contributed by atoms with Crippen molar-refractivity contribution in [2.75, 3.05) is 13.1 Å². The van der Waals surface area contributed by atoms with Gasteiger partial charge < -0.3 is 10.6 Å². The molecule has 2 aliphatic rings. The third-order valence-electron chi connectivity index (χ3n) is 4.76. The molecule has 0 spiro atoms. The molecule has 0 radical (unpaired) electrons. The first kappa shape index (κ1) is 17.9. The molecular weight excluding hydrogens is 343 g/mol. The Kier molecular flexibility index (Phi) is 5.65. The van der Waals surface area contributed by atoms with Crippen LogP contribution in [0.15, 0.2) is 18.2 Å². The lowest BCUT2D eigenvalue weighted by atomic mass is 10.1. The van der Waals surface area contributed by atoms with E-state index in [0.717, 1.165) is 24.9 Å². The number of carbonyl (C=O) groups is 1. The molecule has 1 saturated carbocycles. The van der Waals surface area contributed by atoms with Crippen molar-refractivity contribution in [2.45, 2.75) is 31.7 Å². The molecule has 0 aromatic heterocycles. The molecule has 4 unspecified atom stereocenters. The molecule has 1 saturated heterocycles. The van der Waals surface area contributed by atoms with E-state index in [2.05, 4.69) is 6.92 Å². The molecule has 4 atom stereocenters. The number of nitrogens with two attached hydrogens (primary N) is 1. The topological polar surface area (TPSA) is 46.3 Å². The van der Waals surface area contributed by atoms with E-state index in [1.807, 2.05) is 23.1 Å². The van der Waals surface area contributed by atoms with Gasteiger partial charge in [-0.25, -0.2) is 0 Å². The van der Waals surface area contributed by atoms with Crippen molar-refractivity contribution in [1.82, 2.24) is 4.90 Å². The second kappa shape index (κ2) is 6.96. The third kappa shape index (κ3) is 3.38. The summed E-state index contributed by atoms with van der Waals surface area (Å²) < 4.78 is 0. The lowest BCUT2D eigenvalue weighted by molar-refractivity contribution is -0.133. The minimum atomic E-state index is 0. The van der Waals surface area contributed by atoms with Gasteiger partial charge in [0, 0.05) is 18.5 Å². The summed E-state index contributed by atoms with van der Waals surface area (Å²) in [5.74, 6) is 1.11. The van der Waals surface area contributed by atoms with Gasteiger partial charge in [0.1, 0.15) is 0 Å². The highest BCUT2D eigenvalue weighted by Gasteiger charge is 2.48. The third-order valence-corrected chi connectivity index (χ3v) is 5.50. The molecule has 22 heavy (non-hydrogen) atoms. The molecule has 1 amide bonds. The van der Waals surface area contributed by atoms with E-state index in [4.69, 9.17) is 28.9 Å². The number of amides is 1. The number of benzene rings is 1. The van der Waals surface area contributed by atoms with E-state index in [0.29, 0.717) is 28.5 Å². The lowest BCUT2D eigenvalue weighted by Crippen LogP contribution is -2.35. The molecule has 1 aromatic rings. The molecule has 2 N–H and O–H groups in total. The number of rotatable bonds is 3. The zero-order valence-electron chi connectivity index (χ0n) is 12.5. The van der Waals surface area contributed by atoms with Gasteiger partial charge in [0.25, 0.3) is 0 Å². The van der Waals surface area contributed by atoms with Crippen molar-refractivity contribution >= 4 is 41.5 Å². The molecule has 2 fully saturated rings. The number of carbonyl (C=O) groups excluding carboxylic acids is 1. The Morgan fingerprint density at radius 3 is 2.64 bits per heavy atom. The minimum Gasteiger partial charge on any atom is -0.339 e. The van der Waals surface area contributed by atoms with Gasteiger partial charge in [-0.05, 0) is 55.8 Å². The normalized spacial score (nSPS) is 30.1. The summed E-state index contributed by atoms with van der Waals surface area (Å²) in [5, 5.41) is 1.12. The SMILES string of the molecule is CC1CC(CN)CN1C(=O)C1CC1c1ccc(Cl)c(Cl)c1.Cl. The average Bonchev–Trinajstić information content (AvgIpc) is 3.17. The molecule has 1 heterocycles. The predicted molar refractivity (Wildman–Crippen MR) is 92.9 cm³/mol. The van der Waals surface area contributed by atoms with Gasteiger partial charge in [0.05, 0.1) is 10.0 Å². The standard InChI is InChI=1S/C16H20Cl2N2O.ClH/c1-9-4-10(7-19)8-20(9)16(21)13-6-12(13)11-2-3-14(17)15(18)5-11;/h2-3,5,9-10,12-13H,4,6-8,19H2,1H3;1H. The number of hydrogen-bond donors (Lipinski definition) is 1. The highest BCUT2D eigenvalue weighted by atomic mass is 35.5. The van der Waals surface area contributed by atoms with Gasteiger partial charge in [0.15, 0.2) is 0 Å². The Balaban J connectivity index is 0.00000176. The van der Waals surface area contributed by atoms with Crippen molar-refractivity contribution in [3.05, 3.63) is 33.8 Å². The zero-order chi connectivity index (χ0) is 15.1. The first-order chi connectivity index (χ1) is 10.0. The fourth-order valence-electron chi connectivity index (χ4n) is 3.41. The quantitative estimate of drug-likeness (QED) is 0.889. The fraction of sp³-hybridized carbons (Fsp3) is 0.562. The average molecular weight is 364 g/mol. The molecule has 122 valence electrons. The van der Waals surface area contributed by atoms with Crippen molar-refractivity contribution < 1.29 is 4.79 Å². The summed E-state index contributed by atoms with van der Waals surface area (Å²) >= 11 is 12.0. The highest BCUT2D eigenvalue weighted by molar-refractivity contribution is 6.42. The second-order valence-corrected chi connectivity index (χ2v) is 7.11. The van der Waals surface area contributed by atoms with Crippen molar-refractivity contribution in [2.24, 2.45) is 17.6 Å². The Bertz CT molecular complexity index is 566. The van der Waals surface area contributed by atoms with Gasteiger partial charge in [-0.15, -0.1) is 12.4 Å². The summed E-state index contributed by atoms with van der Waals surface area (Å²) in [6, 6.07) is 5.98. The van der Waals surface area contributed by atoms with Crippen LogP contribution in [0.2, 0.25) is 10.0 Å². The molecule has 0 bridgehead atoms. The minimum absolute atomic E-state index is 0. The van der Waals surface area contributed by atoms with Gasteiger partial charge in [-0.2, -0.15) is 0 Å². The van der Waals surface area contributed by atoms with Crippen LogP contribution in [0.3, 0.4) is 0 Å².